The van der Waals surface area contributed by atoms with Crippen LogP contribution in [-0.2, 0) is 0 Å². The second-order valence-electron chi connectivity index (χ2n) is 9.80. The van der Waals surface area contributed by atoms with E-state index in [1.165, 1.54) is 0 Å². The first-order valence-corrected chi connectivity index (χ1v) is 13.3. The number of hydrogen-bond donors (Lipinski definition) is 2. The highest BCUT2D eigenvalue weighted by atomic mass is 16.5. The maximum absolute atomic E-state index is 13.1. The second-order valence-corrected chi connectivity index (χ2v) is 9.80. The smallest absolute Gasteiger partial charge is 0.255 e. The molecule has 0 radical (unpaired) electrons. The first-order valence-electron chi connectivity index (χ1n) is 13.3. The molecule has 39 heavy (non-hydrogen) atoms. The van der Waals surface area contributed by atoms with Gasteiger partial charge in [-0.25, -0.2) is 0 Å². The zero-order valence-corrected chi connectivity index (χ0v) is 22.4. The topological polar surface area (TPSA) is 101 Å². The van der Waals surface area contributed by atoms with E-state index in [0.29, 0.717) is 40.1 Å². The largest absolute Gasteiger partial charge is 0.495 e. The number of methoxy groups -OCH3 is 1. The molecule has 1 amide bonds. The Kier molecular flexibility index (Phi) is 7.84. The molecule has 3 aromatic carbocycles. The Morgan fingerprint density at radius 2 is 1.74 bits per heavy atom. The first kappa shape index (κ1) is 26.3. The highest BCUT2D eigenvalue weighted by molar-refractivity contribution is 6.05. The van der Waals surface area contributed by atoms with E-state index >= 15 is 0 Å². The molecule has 0 aliphatic carbocycles. The summed E-state index contributed by atoms with van der Waals surface area (Å²) >= 11 is 0. The van der Waals surface area contributed by atoms with Crippen molar-refractivity contribution in [2.24, 2.45) is 0 Å². The van der Waals surface area contributed by atoms with E-state index in [9.17, 15) is 9.59 Å². The molecule has 202 valence electrons. The number of fused-ring (bicyclic) bond motifs is 1. The van der Waals surface area contributed by atoms with Crippen molar-refractivity contribution in [1.82, 2.24) is 10.2 Å². The van der Waals surface area contributed by atoms with Gasteiger partial charge in [-0.05, 0) is 68.4 Å². The number of carbonyl (C=O) groups excluding carboxylic acids is 1. The number of nitrogens with one attached hydrogen (secondary N) is 1. The van der Waals surface area contributed by atoms with Gasteiger partial charge in [0.25, 0.3) is 5.91 Å². The fourth-order valence-electron chi connectivity index (χ4n) is 5.10. The SMILES string of the molecule is COc1ccccc1N1CCN(CCCNC(=O)c2cccc3c(=O)c(C)c(-c4ccc(N)cc4)oc23)CC1. The van der Waals surface area contributed by atoms with E-state index in [4.69, 9.17) is 14.9 Å². The average Bonchev–Trinajstić information content (AvgIpc) is 2.97. The van der Waals surface area contributed by atoms with Crippen LogP contribution >= 0.6 is 0 Å². The fraction of sp³-hybridized carbons (Fsp3) is 0.290. The van der Waals surface area contributed by atoms with Crippen LogP contribution in [0.15, 0.2) is 75.9 Å². The Hall–Kier alpha value is -4.30. The van der Waals surface area contributed by atoms with Gasteiger partial charge in [0.15, 0.2) is 11.0 Å². The summed E-state index contributed by atoms with van der Waals surface area (Å²) in [6.45, 7) is 6.92. The highest BCUT2D eigenvalue weighted by Gasteiger charge is 2.20. The predicted molar refractivity (Wildman–Crippen MR) is 156 cm³/mol. The molecule has 1 fully saturated rings. The zero-order chi connectivity index (χ0) is 27.4. The number of hydrogen-bond acceptors (Lipinski definition) is 7. The number of rotatable bonds is 8. The summed E-state index contributed by atoms with van der Waals surface area (Å²) in [6.07, 6.45) is 0.824. The van der Waals surface area contributed by atoms with Crippen LogP contribution in [0.5, 0.6) is 5.75 Å². The Bertz CT molecular complexity index is 1520. The van der Waals surface area contributed by atoms with Crippen molar-refractivity contribution in [3.05, 3.63) is 88.1 Å². The standard InChI is InChI=1S/C31H34N4O4/c1-21-28(36)24-7-5-8-25(30(24)39-29(21)22-11-13-23(32)14-12-22)31(37)33-15-6-16-34-17-19-35(20-18-34)26-9-3-4-10-27(26)38-2/h3-5,7-14H,6,15-20,32H2,1-2H3,(H,33,37). The highest BCUT2D eigenvalue weighted by Crippen LogP contribution is 2.29. The van der Waals surface area contributed by atoms with Gasteiger partial charge < -0.3 is 25.1 Å². The van der Waals surface area contributed by atoms with Crippen LogP contribution in [0.2, 0.25) is 0 Å². The third-order valence-electron chi connectivity index (χ3n) is 7.30. The summed E-state index contributed by atoms with van der Waals surface area (Å²) in [6, 6.07) is 20.4. The molecular weight excluding hydrogens is 492 g/mol. The van der Waals surface area contributed by atoms with Gasteiger partial charge in [0, 0.05) is 49.5 Å². The van der Waals surface area contributed by atoms with Gasteiger partial charge in [0.1, 0.15) is 11.5 Å². The minimum atomic E-state index is -0.253. The van der Waals surface area contributed by atoms with Crippen LogP contribution in [0.25, 0.3) is 22.3 Å². The van der Waals surface area contributed by atoms with Gasteiger partial charge in [-0.1, -0.05) is 18.2 Å². The fourth-order valence-corrected chi connectivity index (χ4v) is 5.10. The van der Waals surface area contributed by atoms with Gasteiger partial charge in [0.05, 0.1) is 23.7 Å². The number of para-hydroxylation sites is 3. The van der Waals surface area contributed by atoms with Gasteiger partial charge in [-0.3, -0.25) is 14.5 Å². The molecule has 1 aliphatic heterocycles. The molecule has 0 unspecified atom stereocenters. The second kappa shape index (κ2) is 11.6. The van der Waals surface area contributed by atoms with Crippen molar-refractivity contribution in [3.63, 3.8) is 0 Å². The minimum Gasteiger partial charge on any atom is -0.495 e. The van der Waals surface area contributed by atoms with Crippen molar-refractivity contribution < 1.29 is 13.9 Å². The monoisotopic (exact) mass is 526 g/mol. The zero-order valence-electron chi connectivity index (χ0n) is 22.4. The molecule has 8 heteroatoms. The van der Waals surface area contributed by atoms with E-state index < -0.39 is 0 Å². The number of piperazine rings is 1. The molecular formula is C31H34N4O4. The van der Waals surface area contributed by atoms with Crippen LogP contribution in [0.4, 0.5) is 11.4 Å². The van der Waals surface area contributed by atoms with E-state index in [1.807, 2.05) is 30.3 Å². The van der Waals surface area contributed by atoms with Gasteiger partial charge in [0.2, 0.25) is 0 Å². The maximum atomic E-state index is 13.1. The Morgan fingerprint density at radius 3 is 2.49 bits per heavy atom. The number of amides is 1. The number of nitrogen functional groups attached to an aromatic ring is 1. The van der Waals surface area contributed by atoms with Gasteiger partial charge in [-0.15, -0.1) is 0 Å². The van der Waals surface area contributed by atoms with Crippen molar-refractivity contribution >= 4 is 28.3 Å². The molecule has 3 N–H and O–H groups in total. The van der Waals surface area contributed by atoms with Crippen LogP contribution in [-0.4, -0.2) is 57.2 Å². The lowest BCUT2D eigenvalue weighted by Crippen LogP contribution is -2.47. The number of nitrogens with two attached hydrogens (primary N) is 1. The van der Waals surface area contributed by atoms with E-state index in [2.05, 4.69) is 21.2 Å². The van der Waals surface area contributed by atoms with Crippen molar-refractivity contribution in [3.8, 4) is 17.1 Å². The average molecular weight is 527 g/mol. The van der Waals surface area contributed by atoms with Gasteiger partial charge in [-0.2, -0.15) is 0 Å². The summed E-state index contributed by atoms with van der Waals surface area (Å²) in [4.78, 5) is 31.0. The van der Waals surface area contributed by atoms with E-state index in [0.717, 1.165) is 56.1 Å². The summed E-state index contributed by atoms with van der Waals surface area (Å²) in [7, 11) is 1.70. The molecule has 1 saturated heterocycles. The third-order valence-corrected chi connectivity index (χ3v) is 7.30. The summed E-state index contributed by atoms with van der Waals surface area (Å²) in [5.41, 5.74) is 9.30. The van der Waals surface area contributed by atoms with Crippen LogP contribution in [0, 0.1) is 6.92 Å². The summed E-state index contributed by atoms with van der Waals surface area (Å²) in [5, 5.41) is 3.41. The van der Waals surface area contributed by atoms with Crippen molar-refractivity contribution in [2.75, 3.05) is 57.0 Å². The van der Waals surface area contributed by atoms with Gasteiger partial charge >= 0.3 is 0 Å². The molecule has 8 nitrogen and oxygen atoms in total. The molecule has 5 rings (SSSR count). The quantitative estimate of drug-likeness (QED) is 0.261. The number of ether oxygens (including phenoxy) is 1. The van der Waals surface area contributed by atoms with E-state index in [-0.39, 0.29) is 11.3 Å². The molecule has 1 aromatic heterocycles. The number of anilines is 2. The van der Waals surface area contributed by atoms with Crippen molar-refractivity contribution in [1.29, 1.82) is 0 Å². The number of nitrogens with zero attached hydrogens (tertiary/aromatic N) is 2. The molecule has 1 aliphatic rings. The third kappa shape index (κ3) is 5.61. The number of benzene rings is 3. The molecule has 0 saturated carbocycles. The number of carbonyl (C=O) groups is 1. The Balaban J connectivity index is 1.20. The lowest BCUT2D eigenvalue weighted by molar-refractivity contribution is 0.0952. The molecule has 0 atom stereocenters. The maximum Gasteiger partial charge on any atom is 0.255 e. The molecule has 0 bridgehead atoms. The molecule has 4 aromatic rings. The van der Waals surface area contributed by atoms with Crippen LogP contribution < -0.4 is 26.1 Å². The minimum absolute atomic E-state index is 0.148. The van der Waals surface area contributed by atoms with Crippen LogP contribution in [0.1, 0.15) is 22.3 Å². The molecule has 0 spiro atoms. The normalized spacial score (nSPS) is 13.9. The van der Waals surface area contributed by atoms with Crippen LogP contribution in [0.3, 0.4) is 0 Å². The predicted octanol–water partition coefficient (Wildman–Crippen LogP) is 4.30. The lowest BCUT2D eigenvalue weighted by atomic mass is 10.0. The Labute approximate surface area is 228 Å². The Morgan fingerprint density at radius 1 is 1.00 bits per heavy atom. The summed E-state index contributed by atoms with van der Waals surface area (Å²) in [5.74, 6) is 1.09. The first-order chi connectivity index (χ1) is 19.0. The van der Waals surface area contributed by atoms with Crippen molar-refractivity contribution in [2.45, 2.75) is 13.3 Å². The summed E-state index contributed by atoms with van der Waals surface area (Å²) < 4.78 is 11.7. The van der Waals surface area contributed by atoms with E-state index in [1.54, 1.807) is 44.4 Å². The lowest BCUT2D eigenvalue weighted by Gasteiger charge is -2.36. The molecule has 2 heterocycles.